The van der Waals surface area contributed by atoms with Crippen LogP contribution in [0.2, 0.25) is 0 Å². The van der Waals surface area contributed by atoms with Crippen LogP contribution in [0.25, 0.3) is 0 Å². The van der Waals surface area contributed by atoms with Gasteiger partial charge in [-0.3, -0.25) is 48.9 Å². The Morgan fingerprint density at radius 2 is 1.67 bits per heavy atom. The average Bonchev–Trinajstić information content (AvgIpc) is 2.76. The van der Waals surface area contributed by atoms with E-state index >= 15 is 0 Å². The van der Waals surface area contributed by atoms with Crippen LogP contribution in [-0.2, 0) is 29.3 Å². The lowest BCUT2D eigenvalue weighted by atomic mass is 10.1. The van der Waals surface area contributed by atoms with Gasteiger partial charge in [0.25, 0.3) is 5.91 Å². The van der Waals surface area contributed by atoms with Crippen molar-refractivity contribution in [3.05, 3.63) is 32.4 Å². The molecule has 1 aromatic rings. The summed E-state index contributed by atoms with van der Waals surface area (Å²) >= 11 is 3.86. The molecule has 0 saturated heterocycles. The molecule has 20 heteroatoms. The predicted octanol–water partition coefficient (Wildman–Crippen LogP) is -1.23. The van der Waals surface area contributed by atoms with E-state index in [4.69, 9.17) is 10.8 Å². The Bertz CT molecular complexity index is 1200. The maximum Gasteiger partial charge on any atom is 0.371 e. The van der Waals surface area contributed by atoms with Gasteiger partial charge in [0.05, 0.1) is 9.85 Å². The van der Waals surface area contributed by atoms with Crippen LogP contribution in [-0.4, -0.2) is 81.2 Å². The first-order valence-corrected chi connectivity index (χ1v) is 11.4. The molecular formula is C16H19N5O13S2. The van der Waals surface area contributed by atoms with Gasteiger partial charge in [-0.05, 0) is 18.6 Å². The number of thiol groups is 1. The van der Waals surface area contributed by atoms with E-state index in [0.717, 1.165) is 0 Å². The predicted molar refractivity (Wildman–Crippen MR) is 120 cm³/mol. The summed E-state index contributed by atoms with van der Waals surface area (Å²) in [5.41, 5.74) is 0.889. The number of nitro groups is 2. The highest BCUT2D eigenvalue weighted by molar-refractivity contribution is 7.86. The highest BCUT2D eigenvalue weighted by Crippen LogP contribution is 2.41. The van der Waals surface area contributed by atoms with Crippen LogP contribution in [0.4, 0.5) is 17.1 Å². The van der Waals surface area contributed by atoms with Gasteiger partial charge in [-0.1, -0.05) is 0 Å². The van der Waals surface area contributed by atoms with E-state index in [1.807, 2.05) is 0 Å². The third-order valence-corrected chi connectivity index (χ3v) is 5.65. The molecule has 0 radical (unpaired) electrons. The number of nitrogens with one attached hydrogen (secondary N) is 1. The molecule has 0 heterocycles. The summed E-state index contributed by atoms with van der Waals surface area (Å²) in [5, 5.41) is 43.2. The number of hydrogen-bond acceptors (Lipinski definition) is 12. The fourth-order valence-corrected chi connectivity index (χ4v) is 3.70. The smallest absolute Gasteiger partial charge is 0.371 e. The van der Waals surface area contributed by atoms with Gasteiger partial charge in [-0.25, -0.2) is 0 Å². The normalized spacial score (nSPS) is 12.8. The lowest BCUT2D eigenvalue weighted by Crippen LogP contribution is -2.51. The van der Waals surface area contributed by atoms with E-state index in [1.165, 1.54) is 0 Å². The van der Waals surface area contributed by atoms with Crippen LogP contribution >= 0.6 is 12.6 Å². The highest BCUT2D eigenvalue weighted by atomic mass is 32.2. The number of carbonyl (C=O) groups excluding carboxylic acids is 2. The Morgan fingerprint density at radius 1 is 1.11 bits per heavy atom. The molecule has 18 nitrogen and oxygen atoms in total. The number of rotatable bonds is 13. The van der Waals surface area contributed by atoms with Gasteiger partial charge in [0.1, 0.15) is 24.3 Å². The molecular weight excluding hydrogens is 534 g/mol. The molecule has 198 valence electrons. The van der Waals surface area contributed by atoms with Crippen LogP contribution < -0.4 is 16.0 Å². The van der Waals surface area contributed by atoms with Gasteiger partial charge in [-0.15, -0.1) is 0 Å². The van der Waals surface area contributed by atoms with Gasteiger partial charge in [0.2, 0.25) is 5.91 Å². The maximum absolute atomic E-state index is 13.1. The Kier molecular flexibility index (Phi) is 10.2. The standard InChI is InChI=1S/C16H19N5O13S2/c17-7(16(26)27)1-4-11(22)18-8(6-35)15(25)19(5-12(23)24)9-2-3-10(36(32,33)34)14(21(30)31)13(9)20(28)29/h2-3,7-8,35H,1,4-6,17H2,(H,18,22)(H,23,24)(H,26,27)(H,32,33,34). The van der Waals surface area contributed by atoms with E-state index in [1.54, 1.807) is 0 Å². The third-order valence-electron chi connectivity index (χ3n) is 4.40. The second-order valence-corrected chi connectivity index (χ2v) is 8.63. The molecule has 0 spiro atoms. The number of carboxylic acid groups (broad SMARTS) is 2. The van der Waals surface area contributed by atoms with Gasteiger partial charge in [-0.2, -0.15) is 21.0 Å². The van der Waals surface area contributed by atoms with Crippen molar-refractivity contribution in [1.82, 2.24) is 5.32 Å². The molecule has 0 saturated carbocycles. The minimum atomic E-state index is -5.36. The summed E-state index contributed by atoms with van der Waals surface area (Å²) < 4.78 is 32.2. The molecule has 2 atom stereocenters. The number of hydrogen-bond donors (Lipinski definition) is 6. The average molecular weight is 553 g/mol. The van der Waals surface area contributed by atoms with Crippen molar-refractivity contribution in [2.75, 3.05) is 17.2 Å². The lowest BCUT2D eigenvalue weighted by molar-refractivity contribution is -0.424. The van der Waals surface area contributed by atoms with Crippen LogP contribution in [0.15, 0.2) is 17.0 Å². The number of carboxylic acids is 2. The first kappa shape index (κ1) is 30.2. The molecule has 6 N–H and O–H groups in total. The summed E-state index contributed by atoms with van der Waals surface area (Å²) in [7, 11) is -5.36. The van der Waals surface area contributed by atoms with Crippen molar-refractivity contribution >= 4 is 63.6 Å². The van der Waals surface area contributed by atoms with Gasteiger partial charge < -0.3 is 21.3 Å². The number of benzene rings is 1. The number of nitrogens with two attached hydrogens (primary N) is 1. The lowest BCUT2D eigenvalue weighted by Gasteiger charge is -2.26. The maximum atomic E-state index is 13.1. The van der Waals surface area contributed by atoms with Gasteiger partial charge in [0.15, 0.2) is 4.90 Å². The Balaban J connectivity index is 3.58. The zero-order valence-corrected chi connectivity index (χ0v) is 19.5. The van der Waals surface area contributed by atoms with E-state index in [9.17, 15) is 57.5 Å². The number of aliphatic carboxylic acids is 2. The van der Waals surface area contributed by atoms with Gasteiger partial charge in [0, 0.05) is 12.2 Å². The van der Waals surface area contributed by atoms with Crippen molar-refractivity contribution in [2.24, 2.45) is 5.73 Å². The van der Waals surface area contributed by atoms with Crippen molar-refractivity contribution in [3.63, 3.8) is 0 Å². The van der Waals surface area contributed by atoms with Crippen molar-refractivity contribution < 1.29 is 52.2 Å². The van der Waals surface area contributed by atoms with Crippen LogP contribution in [0.1, 0.15) is 12.8 Å². The van der Waals surface area contributed by atoms with E-state index in [0.29, 0.717) is 12.1 Å². The number of amides is 2. The molecule has 0 aliphatic heterocycles. The summed E-state index contributed by atoms with van der Waals surface area (Å²) in [5.74, 6) is -5.93. The summed E-state index contributed by atoms with van der Waals surface area (Å²) in [6.45, 7) is -1.33. The van der Waals surface area contributed by atoms with E-state index < -0.39 is 96.5 Å². The van der Waals surface area contributed by atoms with Crippen molar-refractivity contribution in [3.8, 4) is 0 Å². The van der Waals surface area contributed by atoms with Crippen LogP contribution in [0.3, 0.4) is 0 Å². The van der Waals surface area contributed by atoms with E-state index in [2.05, 4.69) is 17.9 Å². The van der Waals surface area contributed by atoms with Gasteiger partial charge >= 0.3 is 33.4 Å². The molecule has 1 aromatic carbocycles. The summed E-state index contributed by atoms with van der Waals surface area (Å²) in [4.78, 5) is 66.1. The quantitative estimate of drug-likeness (QED) is 0.0722. The monoisotopic (exact) mass is 553 g/mol. The Morgan fingerprint density at radius 3 is 2.08 bits per heavy atom. The third kappa shape index (κ3) is 7.56. The number of nitrogens with zero attached hydrogens (tertiary/aromatic N) is 3. The molecule has 1 rings (SSSR count). The molecule has 0 bridgehead atoms. The summed E-state index contributed by atoms with van der Waals surface area (Å²) in [6.07, 6.45) is -0.832. The van der Waals surface area contributed by atoms with Crippen LogP contribution in [0.5, 0.6) is 0 Å². The molecule has 36 heavy (non-hydrogen) atoms. The largest absolute Gasteiger partial charge is 0.480 e. The zero-order valence-electron chi connectivity index (χ0n) is 17.8. The second-order valence-electron chi connectivity index (χ2n) is 6.87. The first-order chi connectivity index (χ1) is 16.5. The molecule has 2 unspecified atom stereocenters. The number of carbonyl (C=O) groups is 4. The number of anilines is 1. The van der Waals surface area contributed by atoms with Crippen LogP contribution in [0, 0.1) is 20.2 Å². The highest BCUT2D eigenvalue weighted by Gasteiger charge is 2.41. The molecule has 0 aromatic heterocycles. The Hall–Kier alpha value is -3.88. The fourth-order valence-electron chi connectivity index (χ4n) is 2.80. The SMILES string of the molecule is NC(CCC(=O)NC(CS)C(=O)N(CC(=O)O)c1ccc(S(=O)(=O)O)c([N+](=O)[O-])c1[N+](=O)[O-])C(=O)O. The molecule has 0 aliphatic rings. The molecule has 0 fully saturated rings. The summed E-state index contributed by atoms with van der Waals surface area (Å²) in [6, 6.07) is -2.22. The molecule has 2 amide bonds. The van der Waals surface area contributed by atoms with Crippen molar-refractivity contribution in [1.29, 1.82) is 0 Å². The number of nitro benzene ring substituents is 2. The first-order valence-electron chi connectivity index (χ1n) is 9.37. The second kappa shape index (κ2) is 12.2. The fraction of sp³-hybridized carbons (Fsp3) is 0.375. The zero-order chi connectivity index (χ0) is 28.0. The van der Waals surface area contributed by atoms with E-state index in [-0.39, 0.29) is 11.3 Å². The van der Waals surface area contributed by atoms with Crippen molar-refractivity contribution in [2.45, 2.75) is 29.8 Å². The molecule has 0 aliphatic carbocycles. The topological polar surface area (TPSA) is 291 Å². The Labute approximate surface area is 206 Å². The minimum absolute atomic E-state index is 0.172. The minimum Gasteiger partial charge on any atom is -0.480 e.